The highest BCUT2D eigenvalue weighted by Gasteiger charge is 2.47. The molecule has 1 heterocycles. The first-order valence-corrected chi connectivity index (χ1v) is 6.56. The molecule has 20 heavy (non-hydrogen) atoms. The number of benzene rings is 2. The van der Waals surface area contributed by atoms with Gasteiger partial charge in [0.05, 0.1) is 6.04 Å². The van der Waals surface area contributed by atoms with E-state index >= 15 is 0 Å². The molecule has 0 spiro atoms. The fourth-order valence-corrected chi connectivity index (χ4v) is 2.57. The summed E-state index contributed by atoms with van der Waals surface area (Å²) in [5.74, 6) is -0.583. The first-order valence-electron chi connectivity index (χ1n) is 6.18. The van der Waals surface area contributed by atoms with Crippen LogP contribution < -0.4 is 10.6 Å². The highest BCUT2D eigenvalue weighted by molar-refractivity contribution is 6.30. The van der Waals surface area contributed by atoms with Gasteiger partial charge in [0.15, 0.2) is 0 Å². The first-order chi connectivity index (χ1) is 9.59. The summed E-state index contributed by atoms with van der Waals surface area (Å²) in [5.41, 5.74) is 6.93. The second kappa shape index (κ2) is 4.89. The Bertz CT molecular complexity index is 659. The van der Waals surface area contributed by atoms with Crippen LogP contribution in [0.5, 0.6) is 0 Å². The maximum absolute atomic E-state index is 13.9. The summed E-state index contributed by atoms with van der Waals surface area (Å²) in [5, 5.41) is 0.577. The van der Waals surface area contributed by atoms with Crippen LogP contribution in [-0.4, -0.2) is 11.9 Å². The molecular formula is C15H12ClFN2O. The second-order valence-electron chi connectivity index (χ2n) is 4.68. The lowest BCUT2D eigenvalue weighted by molar-refractivity contribution is -0.126. The SMILES string of the molecule is N[C@@H]1C(=O)N(c2ccc(Cl)cc2)[C@@H]1c1ccccc1F. The van der Waals surface area contributed by atoms with Gasteiger partial charge in [-0.05, 0) is 30.3 Å². The zero-order chi connectivity index (χ0) is 14.3. The largest absolute Gasteiger partial charge is 0.318 e. The highest BCUT2D eigenvalue weighted by atomic mass is 35.5. The van der Waals surface area contributed by atoms with E-state index in [2.05, 4.69) is 0 Å². The predicted octanol–water partition coefficient (Wildman–Crippen LogP) is 2.89. The number of amides is 1. The van der Waals surface area contributed by atoms with E-state index in [1.54, 1.807) is 42.5 Å². The topological polar surface area (TPSA) is 46.3 Å². The molecule has 0 bridgehead atoms. The molecule has 0 unspecified atom stereocenters. The van der Waals surface area contributed by atoms with E-state index in [1.165, 1.54) is 11.0 Å². The normalized spacial score (nSPS) is 21.8. The molecular weight excluding hydrogens is 279 g/mol. The Morgan fingerprint density at radius 1 is 1.10 bits per heavy atom. The van der Waals surface area contributed by atoms with E-state index < -0.39 is 12.1 Å². The standard InChI is InChI=1S/C15H12ClFN2O/c16-9-5-7-10(8-6-9)19-14(13(18)15(19)20)11-3-1-2-4-12(11)17/h1-8,13-14H,18H2/t13-,14+/m0/s1. The molecule has 1 fully saturated rings. The van der Waals surface area contributed by atoms with Crippen LogP contribution in [0.1, 0.15) is 11.6 Å². The van der Waals surface area contributed by atoms with Crippen molar-refractivity contribution in [2.45, 2.75) is 12.1 Å². The predicted molar refractivity (Wildman–Crippen MR) is 76.1 cm³/mol. The van der Waals surface area contributed by atoms with Crippen LogP contribution in [-0.2, 0) is 4.79 Å². The maximum atomic E-state index is 13.9. The highest BCUT2D eigenvalue weighted by Crippen LogP contribution is 2.39. The Hall–Kier alpha value is -1.91. The fourth-order valence-electron chi connectivity index (χ4n) is 2.45. The maximum Gasteiger partial charge on any atom is 0.247 e. The van der Waals surface area contributed by atoms with Crippen molar-refractivity contribution in [1.29, 1.82) is 0 Å². The Morgan fingerprint density at radius 3 is 2.40 bits per heavy atom. The third-order valence-corrected chi connectivity index (χ3v) is 3.72. The second-order valence-corrected chi connectivity index (χ2v) is 5.11. The summed E-state index contributed by atoms with van der Waals surface area (Å²) < 4.78 is 13.9. The van der Waals surface area contributed by atoms with Crippen molar-refractivity contribution in [3.8, 4) is 0 Å². The Kier molecular flexibility index (Phi) is 3.20. The van der Waals surface area contributed by atoms with Crippen LogP contribution >= 0.6 is 11.6 Å². The van der Waals surface area contributed by atoms with Gasteiger partial charge >= 0.3 is 0 Å². The Morgan fingerprint density at radius 2 is 1.75 bits per heavy atom. The first kappa shape index (κ1) is 13.1. The lowest BCUT2D eigenvalue weighted by atomic mass is 9.88. The van der Waals surface area contributed by atoms with E-state index in [9.17, 15) is 9.18 Å². The molecule has 3 nitrogen and oxygen atoms in total. The number of carbonyl (C=O) groups excluding carboxylic acids is 1. The number of halogens is 2. The molecule has 0 aromatic heterocycles. The quantitative estimate of drug-likeness (QED) is 0.865. The van der Waals surface area contributed by atoms with E-state index in [-0.39, 0.29) is 11.7 Å². The van der Waals surface area contributed by atoms with Gasteiger partial charge in [-0.25, -0.2) is 4.39 Å². The monoisotopic (exact) mass is 290 g/mol. The van der Waals surface area contributed by atoms with Crippen molar-refractivity contribution in [3.63, 3.8) is 0 Å². The van der Waals surface area contributed by atoms with Gasteiger partial charge in [-0.1, -0.05) is 29.8 Å². The van der Waals surface area contributed by atoms with Crippen molar-refractivity contribution in [2.24, 2.45) is 5.73 Å². The molecule has 1 aliphatic heterocycles. The fraction of sp³-hybridized carbons (Fsp3) is 0.133. The van der Waals surface area contributed by atoms with E-state index in [0.29, 0.717) is 16.3 Å². The van der Waals surface area contributed by atoms with Crippen LogP contribution in [0.15, 0.2) is 48.5 Å². The zero-order valence-corrected chi connectivity index (χ0v) is 11.2. The number of hydrogen-bond acceptors (Lipinski definition) is 2. The summed E-state index contributed by atoms with van der Waals surface area (Å²) in [6.45, 7) is 0. The van der Waals surface area contributed by atoms with Gasteiger partial charge in [-0.2, -0.15) is 0 Å². The number of nitrogens with two attached hydrogens (primary N) is 1. The number of rotatable bonds is 2. The molecule has 5 heteroatoms. The lowest BCUT2D eigenvalue weighted by Crippen LogP contribution is -2.63. The third kappa shape index (κ3) is 1.97. The van der Waals surface area contributed by atoms with Crippen LogP contribution in [0, 0.1) is 5.82 Å². The van der Waals surface area contributed by atoms with E-state index in [0.717, 1.165) is 0 Å². The van der Waals surface area contributed by atoms with E-state index in [1.807, 2.05) is 0 Å². The van der Waals surface area contributed by atoms with Crippen LogP contribution in [0.3, 0.4) is 0 Å². The Labute approximate surface area is 120 Å². The van der Waals surface area contributed by atoms with Gasteiger partial charge in [0, 0.05) is 16.3 Å². The van der Waals surface area contributed by atoms with Crippen molar-refractivity contribution in [1.82, 2.24) is 0 Å². The van der Waals surface area contributed by atoms with Crippen LogP contribution in [0.2, 0.25) is 5.02 Å². The molecule has 3 rings (SSSR count). The van der Waals surface area contributed by atoms with Gasteiger partial charge in [-0.3, -0.25) is 4.79 Å². The number of hydrogen-bond donors (Lipinski definition) is 1. The molecule has 102 valence electrons. The molecule has 1 saturated heterocycles. The molecule has 2 aromatic carbocycles. The van der Waals surface area contributed by atoms with Crippen molar-refractivity contribution in [2.75, 3.05) is 4.90 Å². The van der Waals surface area contributed by atoms with Crippen LogP contribution in [0.25, 0.3) is 0 Å². The minimum atomic E-state index is -0.720. The smallest absolute Gasteiger partial charge is 0.247 e. The van der Waals surface area contributed by atoms with Gasteiger partial charge < -0.3 is 10.6 Å². The minimum absolute atomic E-state index is 0.222. The summed E-state index contributed by atoms with van der Waals surface area (Å²) in [6.07, 6.45) is 0. The number of nitrogens with zero attached hydrogens (tertiary/aromatic N) is 1. The van der Waals surface area contributed by atoms with Crippen molar-refractivity contribution >= 4 is 23.2 Å². The number of anilines is 1. The molecule has 0 aliphatic carbocycles. The average Bonchev–Trinajstić information content (AvgIpc) is 2.46. The molecule has 2 aromatic rings. The summed E-state index contributed by atoms with van der Waals surface area (Å²) >= 11 is 5.83. The molecule has 2 N–H and O–H groups in total. The third-order valence-electron chi connectivity index (χ3n) is 3.47. The zero-order valence-electron chi connectivity index (χ0n) is 10.5. The van der Waals surface area contributed by atoms with Gasteiger partial charge in [0.1, 0.15) is 11.9 Å². The van der Waals surface area contributed by atoms with Crippen LogP contribution in [0.4, 0.5) is 10.1 Å². The van der Waals surface area contributed by atoms with Crippen molar-refractivity contribution < 1.29 is 9.18 Å². The summed E-state index contributed by atoms with van der Waals surface area (Å²) in [7, 11) is 0. The van der Waals surface area contributed by atoms with Crippen molar-refractivity contribution in [3.05, 3.63) is 64.9 Å². The summed E-state index contributed by atoms with van der Waals surface area (Å²) in [6, 6.07) is 12.0. The summed E-state index contributed by atoms with van der Waals surface area (Å²) in [4.78, 5) is 13.5. The van der Waals surface area contributed by atoms with E-state index in [4.69, 9.17) is 17.3 Å². The van der Waals surface area contributed by atoms with Gasteiger partial charge in [0.25, 0.3) is 0 Å². The Balaban J connectivity index is 2.00. The molecule has 2 atom stereocenters. The molecule has 0 saturated carbocycles. The number of carbonyl (C=O) groups is 1. The lowest BCUT2D eigenvalue weighted by Gasteiger charge is -2.45. The molecule has 1 amide bonds. The van der Waals surface area contributed by atoms with Gasteiger partial charge in [-0.15, -0.1) is 0 Å². The average molecular weight is 291 g/mol. The minimum Gasteiger partial charge on any atom is -0.318 e. The number of β-lactam (4-membered cyclic amide) rings is 1. The molecule has 1 aliphatic rings. The molecule has 0 radical (unpaired) electrons. The van der Waals surface area contributed by atoms with Gasteiger partial charge in [0.2, 0.25) is 5.91 Å².